The van der Waals surface area contributed by atoms with Crippen LogP contribution < -0.4 is 10.2 Å². The van der Waals surface area contributed by atoms with Gasteiger partial charge in [-0.05, 0) is 50.3 Å². The monoisotopic (exact) mass is 323 g/mol. The second-order valence-electron chi connectivity index (χ2n) is 6.40. The molecule has 0 aliphatic carbocycles. The Hall–Kier alpha value is -1.26. The number of anilines is 1. The molecular formula is C17H24ClN2O2+. The van der Waals surface area contributed by atoms with E-state index in [1.54, 1.807) is 23.1 Å². The Kier molecular flexibility index (Phi) is 5.21. The van der Waals surface area contributed by atoms with Gasteiger partial charge in [-0.2, -0.15) is 0 Å². The van der Waals surface area contributed by atoms with E-state index in [0.717, 1.165) is 0 Å². The molecule has 1 amide bonds. The Morgan fingerprint density at radius 2 is 2.14 bits per heavy atom. The van der Waals surface area contributed by atoms with E-state index >= 15 is 0 Å². The van der Waals surface area contributed by atoms with Gasteiger partial charge >= 0.3 is 6.09 Å². The molecule has 0 bridgehead atoms. The topological polar surface area (TPSA) is 42.8 Å². The average molecular weight is 324 g/mol. The molecule has 1 aromatic rings. The van der Waals surface area contributed by atoms with Crippen molar-refractivity contribution >= 4 is 23.4 Å². The first-order chi connectivity index (χ1) is 10.7. The standard InChI is InChI=1S/C17H23ClN2O2/c18-14-6-3-7-15(11-14)19-17(21)22-12-13-5-4-10-20-9-2-1-8-16(13)20/h3,6-7,11,13,16H,1-2,4-5,8-10,12H2,(H,19,21)/p+1/t13-,16+/m0/s1. The molecule has 1 unspecified atom stereocenters. The number of hydrogen-bond donors (Lipinski definition) is 2. The first-order valence-corrected chi connectivity index (χ1v) is 8.64. The summed E-state index contributed by atoms with van der Waals surface area (Å²) in [5.41, 5.74) is 0.672. The fraction of sp³-hybridized carbons (Fsp3) is 0.588. The maximum atomic E-state index is 11.9. The average Bonchev–Trinajstić information content (AvgIpc) is 2.53. The number of fused-ring (bicyclic) bond motifs is 1. The lowest BCUT2D eigenvalue weighted by molar-refractivity contribution is -0.940. The largest absolute Gasteiger partial charge is 0.449 e. The van der Waals surface area contributed by atoms with Crippen LogP contribution in [0.5, 0.6) is 0 Å². The van der Waals surface area contributed by atoms with Crippen molar-refractivity contribution in [3.8, 4) is 0 Å². The van der Waals surface area contributed by atoms with Crippen molar-refractivity contribution in [2.24, 2.45) is 5.92 Å². The van der Waals surface area contributed by atoms with Crippen molar-refractivity contribution in [1.82, 2.24) is 0 Å². The summed E-state index contributed by atoms with van der Waals surface area (Å²) < 4.78 is 5.47. The Balaban J connectivity index is 1.50. The van der Waals surface area contributed by atoms with Crippen molar-refractivity contribution in [3.05, 3.63) is 29.3 Å². The van der Waals surface area contributed by atoms with Crippen LogP contribution >= 0.6 is 11.6 Å². The first-order valence-electron chi connectivity index (χ1n) is 8.26. The third-order valence-corrected chi connectivity index (χ3v) is 5.16. The summed E-state index contributed by atoms with van der Waals surface area (Å²) in [6.07, 6.45) is 5.98. The molecule has 3 atom stereocenters. The molecule has 3 rings (SSSR count). The molecule has 0 saturated carbocycles. The normalized spacial score (nSPS) is 27.8. The Morgan fingerprint density at radius 3 is 3.00 bits per heavy atom. The fourth-order valence-electron chi connectivity index (χ4n) is 3.88. The molecule has 120 valence electrons. The van der Waals surface area contributed by atoms with Crippen LogP contribution in [-0.2, 0) is 4.74 Å². The van der Waals surface area contributed by atoms with Crippen molar-refractivity contribution in [2.45, 2.75) is 38.1 Å². The van der Waals surface area contributed by atoms with Gasteiger partial charge in [0, 0.05) is 16.6 Å². The molecular weight excluding hydrogens is 300 g/mol. The second kappa shape index (κ2) is 7.34. The highest BCUT2D eigenvalue weighted by Crippen LogP contribution is 2.21. The summed E-state index contributed by atoms with van der Waals surface area (Å²) in [6, 6.07) is 7.79. The number of rotatable bonds is 3. The van der Waals surface area contributed by atoms with Crippen molar-refractivity contribution in [1.29, 1.82) is 0 Å². The Labute approximate surface area is 136 Å². The Morgan fingerprint density at radius 1 is 1.27 bits per heavy atom. The van der Waals surface area contributed by atoms with E-state index < -0.39 is 0 Å². The zero-order valence-corrected chi connectivity index (χ0v) is 13.6. The maximum Gasteiger partial charge on any atom is 0.411 e. The predicted molar refractivity (Wildman–Crippen MR) is 87.5 cm³/mol. The number of quaternary nitrogens is 1. The van der Waals surface area contributed by atoms with Gasteiger partial charge in [-0.25, -0.2) is 4.79 Å². The van der Waals surface area contributed by atoms with Crippen LogP contribution in [0.15, 0.2) is 24.3 Å². The molecule has 2 N–H and O–H groups in total. The fourth-order valence-corrected chi connectivity index (χ4v) is 4.07. The van der Waals surface area contributed by atoms with Crippen molar-refractivity contribution in [2.75, 3.05) is 25.0 Å². The maximum absolute atomic E-state index is 11.9. The van der Waals surface area contributed by atoms with Gasteiger partial charge in [0.2, 0.25) is 0 Å². The highest BCUT2D eigenvalue weighted by molar-refractivity contribution is 6.30. The SMILES string of the molecule is O=C(Nc1cccc(Cl)c1)OC[C@@H]1CCC[NH+]2CCCC[C@H]12. The van der Waals surface area contributed by atoms with Gasteiger partial charge in [0.25, 0.3) is 0 Å². The summed E-state index contributed by atoms with van der Waals surface area (Å²) in [4.78, 5) is 13.7. The van der Waals surface area contributed by atoms with E-state index in [4.69, 9.17) is 16.3 Å². The molecule has 4 nitrogen and oxygen atoms in total. The number of amides is 1. The number of carbonyl (C=O) groups is 1. The molecule has 0 aromatic heterocycles. The lowest BCUT2D eigenvalue weighted by Gasteiger charge is -2.40. The van der Waals surface area contributed by atoms with Crippen LogP contribution in [-0.4, -0.2) is 31.8 Å². The third-order valence-electron chi connectivity index (χ3n) is 4.93. The van der Waals surface area contributed by atoms with Crippen LogP contribution in [0.4, 0.5) is 10.5 Å². The molecule has 2 aliphatic heterocycles. The van der Waals surface area contributed by atoms with E-state index in [0.29, 0.717) is 29.3 Å². The number of ether oxygens (including phenoxy) is 1. The van der Waals surface area contributed by atoms with Gasteiger partial charge in [-0.1, -0.05) is 17.7 Å². The van der Waals surface area contributed by atoms with Crippen LogP contribution in [0.3, 0.4) is 0 Å². The Bertz CT molecular complexity index is 521. The lowest BCUT2D eigenvalue weighted by atomic mass is 9.84. The summed E-state index contributed by atoms with van der Waals surface area (Å²) in [7, 11) is 0. The molecule has 2 saturated heterocycles. The minimum absolute atomic E-state index is 0.384. The van der Waals surface area contributed by atoms with E-state index in [2.05, 4.69) is 5.32 Å². The van der Waals surface area contributed by atoms with Crippen molar-refractivity contribution < 1.29 is 14.4 Å². The minimum atomic E-state index is -0.384. The number of benzene rings is 1. The molecule has 5 heteroatoms. The van der Waals surface area contributed by atoms with Crippen LogP contribution in [0.25, 0.3) is 0 Å². The van der Waals surface area contributed by atoms with Gasteiger partial charge in [-0.3, -0.25) is 5.32 Å². The molecule has 2 aliphatic rings. The number of hydrogen-bond acceptors (Lipinski definition) is 2. The molecule has 0 radical (unpaired) electrons. The van der Waals surface area contributed by atoms with Gasteiger partial charge in [0.1, 0.15) is 6.61 Å². The van der Waals surface area contributed by atoms with Gasteiger partial charge in [0.05, 0.1) is 19.1 Å². The van der Waals surface area contributed by atoms with E-state index in [1.165, 1.54) is 45.2 Å². The summed E-state index contributed by atoms with van der Waals surface area (Å²) >= 11 is 5.91. The molecule has 2 heterocycles. The summed E-state index contributed by atoms with van der Waals surface area (Å²) in [5.74, 6) is 0.508. The number of carbonyl (C=O) groups excluding carboxylic acids is 1. The van der Waals surface area contributed by atoms with E-state index in [9.17, 15) is 4.79 Å². The predicted octanol–water partition coefficient (Wildman–Crippen LogP) is 2.74. The summed E-state index contributed by atoms with van der Waals surface area (Å²) in [5, 5.41) is 3.35. The van der Waals surface area contributed by atoms with E-state index in [1.807, 2.05) is 6.07 Å². The lowest BCUT2D eigenvalue weighted by Crippen LogP contribution is -3.18. The van der Waals surface area contributed by atoms with Gasteiger partial charge < -0.3 is 9.64 Å². The van der Waals surface area contributed by atoms with Gasteiger partial charge in [0.15, 0.2) is 0 Å². The zero-order valence-electron chi connectivity index (χ0n) is 12.8. The second-order valence-corrected chi connectivity index (χ2v) is 6.83. The number of nitrogens with one attached hydrogen (secondary N) is 2. The van der Waals surface area contributed by atoms with Crippen LogP contribution in [0.1, 0.15) is 32.1 Å². The molecule has 2 fully saturated rings. The third kappa shape index (κ3) is 3.93. The van der Waals surface area contributed by atoms with Crippen LogP contribution in [0, 0.1) is 5.92 Å². The van der Waals surface area contributed by atoms with Gasteiger partial charge in [-0.15, -0.1) is 0 Å². The van der Waals surface area contributed by atoms with E-state index in [-0.39, 0.29) is 6.09 Å². The number of halogens is 1. The molecule has 22 heavy (non-hydrogen) atoms. The highest BCUT2D eigenvalue weighted by atomic mass is 35.5. The number of piperidine rings is 2. The zero-order chi connectivity index (χ0) is 15.4. The van der Waals surface area contributed by atoms with Crippen molar-refractivity contribution in [3.63, 3.8) is 0 Å². The highest BCUT2D eigenvalue weighted by Gasteiger charge is 2.37. The smallest absolute Gasteiger partial charge is 0.411 e. The quantitative estimate of drug-likeness (QED) is 0.898. The first kappa shape index (κ1) is 15.6. The molecule has 0 spiro atoms. The molecule has 1 aromatic carbocycles. The van der Waals surface area contributed by atoms with Crippen LogP contribution in [0.2, 0.25) is 5.02 Å². The minimum Gasteiger partial charge on any atom is -0.449 e. The summed E-state index contributed by atoms with van der Waals surface area (Å²) in [6.45, 7) is 3.10.